The van der Waals surface area contributed by atoms with Crippen molar-refractivity contribution in [3.05, 3.63) is 29.8 Å². The second kappa shape index (κ2) is 7.73. The van der Waals surface area contributed by atoms with Gasteiger partial charge in [0.25, 0.3) is 0 Å². The summed E-state index contributed by atoms with van der Waals surface area (Å²) in [5.74, 6) is 0.130. The van der Waals surface area contributed by atoms with E-state index in [-0.39, 0.29) is 5.75 Å². The van der Waals surface area contributed by atoms with Crippen LogP contribution in [0.5, 0.6) is 0 Å². The number of likely N-dealkylation sites (N-methyl/N-ethyl adjacent to an activating group) is 2. The third-order valence-electron chi connectivity index (χ3n) is 3.16. The first-order valence-corrected chi connectivity index (χ1v) is 8.35. The van der Waals surface area contributed by atoms with Crippen LogP contribution in [0.15, 0.2) is 29.2 Å². The summed E-state index contributed by atoms with van der Waals surface area (Å²) in [5, 5.41) is 0. The van der Waals surface area contributed by atoms with Crippen molar-refractivity contribution >= 4 is 9.84 Å². The molecular weight excluding hydrogens is 274 g/mol. The van der Waals surface area contributed by atoms with E-state index in [0.717, 1.165) is 18.7 Å². The van der Waals surface area contributed by atoms with E-state index in [2.05, 4.69) is 4.90 Å². The molecule has 0 radical (unpaired) electrons. The van der Waals surface area contributed by atoms with Crippen molar-refractivity contribution in [1.82, 2.24) is 9.80 Å². The van der Waals surface area contributed by atoms with E-state index in [1.807, 2.05) is 32.1 Å². The highest BCUT2D eigenvalue weighted by atomic mass is 32.2. The van der Waals surface area contributed by atoms with Gasteiger partial charge in [-0.1, -0.05) is 12.1 Å². The van der Waals surface area contributed by atoms with Gasteiger partial charge in [0.2, 0.25) is 0 Å². The predicted octanol–water partition coefficient (Wildman–Crippen LogP) is 0.412. The molecule has 1 rings (SSSR count). The largest absolute Gasteiger partial charge is 0.326 e. The predicted molar refractivity (Wildman–Crippen MR) is 82.4 cm³/mol. The number of rotatable bonds is 8. The molecule has 0 fully saturated rings. The molecule has 0 unspecified atom stereocenters. The van der Waals surface area contributed by atoms with Gasteiger partial charge in [0.05, 0.1) is 10.6 Å². The van der Waals surface area contributed by atoms with E-state index in [0.29, 0.717) is 18.0 Å². The first-order chi connectivity index (χ1) is 9.35. The molecule has 0 amide bonds. The maximum Gasteiger partial charge on any atom is 0.179 e. The SMILES string of the molecule is CN(C)CCN(C)CCS(=O)(=O)c1cccc(CN)c1. The molecule has 2 N–H and O–H groups in total. The quantitative estimate of drug-likeness (QED) is 0.753. The normalized spacial score (nSPS) is 12.3. The van der Waals surface area contributed by atoms with Crippen LogP contribution in [0.25, 0.3) is 0 Å². The van der Waals surface area contributed by atoms with E-state index < -0.39 is 9.84 Å². The Hall–Kier alpha value is -0.950. The Morgan fingerprint density at radius 3 is 2.40 bits per heavy atom. The van der Waals surface area contributed by atoms with Crippen molar-refractivity contribution in [2.45, 2.75) is 11.4 Å². The molecule has 0 aliphatic heterocycles. The van der Waals surface area contributed by atoms with E-state index >= 15 is 0 Å². The molecule has 0 aliphatic carbocycles. The molecule has 0 aliphatic rings. The fraction of sp³-hybridized carbons (Fsp3) is 0.571. The van der Waals surface area contributed by atoms with Crippen molar-refractivity contribution in [2.75, 3.05) is 46.5 Å². The minimum absolute atomic E-state index is 0.130. The minimum atomic E-state index is -3.24. The van der Waals surface area contributed by atoms with E-state index in [4.69, 9.17) is 5.73 Å². The highest BCUT2D eigenvalue weighted by Crippen LogP contribution is 2.13. The standard InChI is InChI=1S/C14H25N3O2S/c1-16(2)7-8-17(3)9-10-20(18,19)14-6-4-5-13(11-14)12-15/h4-6,11H,7-10,12,15H2,1-3H3. The van der Waals surface area contributed by atoms with Crippen molar-refractivity contribution in [3.63, 3.8) is 0 Å². The van der Waals surface area contributed by atoms with Crippen molar-refractivity contribution in [2.24, 2.45) is 5.73 Å². The zero-order chi connectivity index (χ0) is 15.2. The lowest BCUT2D eigenvalue weighted by atomic mass is 10.2. The van der Waals surface area contributed by atoms with Gasteiger partial charge in [-0.25, -0.2) is 8.42 Å². The first-order valence-electron chi connectivity index (χ1n) is 6.70. The smallest absolute Gasteiger partial charge is 0.179 e. The third kappa shape index (κ3) is 5.58. The monoisotopic (exact) mass is 299 g/mol. The number of benzene rings is 1. The number of nitrogens with two attached hydrogens (primary N) is 1. The molecule has 5 nitrogen and oxygen atoms in total. The van der Waals surface area contributed by atoms with Crippen LogP contribution in [-0.4, -0.2) is 64.7 Å². The Balaban J connectivity index is 2.61. The molecule has 6 heteroatoms. The van der Waals surface area contributed by atoms with E-state index in [9.17, 15) is 8.42 Å². The number of nitrogens with zero attached hydrogens (tertiary/aromatic N) is 2. The fourth-order valence-electron chi connectivity index (χ4n) is 1.74. The highest BCUT2D eigenvalue weighted by molar-refractivity contribution is 7.91. The number of hydrogen-bond donors (Lipinski definition) is 1. The maximum absolute atomic E-state index is 12.3. The number of hydrogen-bond acceptors (Lipinski definition) is 5. The molecule has 0 saturated carbocycles. The zero-order valence-corrected chi connectivity index (χ0v) is 13.4. The molecule has 0 bridgehead atoms. The summed E-state index contributed by atoms with van der Waals surface area (Å²) < 4.78 is 24.5. The maximum atomic E-state index is 12.3. The van der Waals surface area contributed by atoms with Crippen molar-refractivity contribution < 1.29 is 8.42 Å². The summed E-state index contributed by atoms with van der Waals surface area (Å²) in [4.78, 5) is 4.47. The lowest BCUT2D eigenvalue weighted by Gasteiger charge is -2.19. The van der Waals surface area contributed by atoms with Gasteiger partial charge in [-0.05, 0) is 38.8 Å². The lowest BCUT2D eigenvalue weighted by Crippen LogP contribution is -2.32. The summed E-state index contributed by atoms with van der Waals surface area (Å²) in [6.07, 6.45) is 0. The average Bonchev–Trinajstić information content (AvgIpc) is 2.43. The van der Waals surface area contributed by atoms with E-state index in [1.54, 1.807) is 18.2 Å². The summed E-state index contributed by atoms with van der Waals surface area (Å²) in [7, 11) is 2.71. The Kier molecular flexibility index (Phi) is 6.61. The molecule has 0 heterocycles. The average molecular weight is 299 g/mol. The van der Waals surface area contributed by atoms with Crippen molar-refractivity contribution in [1.29, 1.82) is 0 Å². The fourth-order valence-corrected chi connectivity index (χ4v) is 3.15. The molecule has 0 aromatic heterocycles. The third-order valence-corrected chi connectivity index (χ3v) is 4.86. The molecular formula is C14H25N3O2S. The molecule has 0 spiro atoms. The Bertz CT molecular complexity index is 515. The van der Waals surface area contributed by atoms with Crippen LogP contribution in [0.4, 0.5) is 0 Å². The summed E-state index contributed by atoms with van der Waals surface area (Å²) in [6.45, 7) is 2.65. The van der Waals surface area contributed by atoms with Gasteiger partial charge >= 0.3 is 0 Å². The Morgan fingerprint density at radius 1 is 1.10 bits per heavy atom. The Labute approximate surface area is 122 Å². The van der Waals surface area contributed by atoms with Crippen LogP contribution >= 0.6 is 0 Å². The molecule has 114 valence electrons. The van der Waals surface area contributed by atoms with E-state index in [1.165, 1.54) is 0 Å². The first kappa shape index (κ1) is 17.1. The lowest BCUT2D eigenvalue weighted by molar-refractivity contribution is 0.293. The van der Waals surface area contributed by atoms with Crippen LogP contribution in [0, 0.1) is 0 Å². The van der Waals surface area contributed by atoms with Crippen LogP contribution in [0.2, 0.25) is 0 Å². The van der Waals surface area contributed by atoms with Crippen LogP contribution in [0.1, 0.15) is 5.56 Å². The Morgan fingerprint density at radius 2 is 1.80 bits per heavy atom. The van der Waals surface area contributed by atoms with Gasteiger partial charge in [-0.15, -0.1) is 0 Å². The van der Waals surface area contributed by atoms with Gasteiger partial charge in [0.1, 0.15) is 0 Å². The van der Waals surface area contributed by atoms with Gasteiger partial charge in [-0.2, -0.15) is 0 Å². The van der Waals surface area contributed by atoms with Crippen molar-refractivity contribution in [3.8, 4) is 0 Å². The van der Waals surface area contributed by atoms with Gasteiger partial charge in [0, 0.05) is 26.2 Å². The zero-order valence-electron chi connectivity index (χ0n) is 12.5. The van der Waals surface area contributed by atoms with Gasteiger partial charge in [0.15, 0.2) is 9.84 Å². The topological polar surface area (TPSA) is 66.6 Å². The van der Waals surface area contributed by atoms with Crippen LogP contribution in [0.3, 0.4) is 0 Å². The summed E-state index contributed by atoms with van der Waals surface area (Å²) >= 11 is 0. The second-order valence-electron chi connectivity index (χ2n) is 5.28. The van der Waals surface area contributed by atoms with Crippen LogP contribution < -0.4 is 5.73 Å². The molecule has 1 aromatic rings. The van der Waals surface area contributed by atoms with Crippen LogP contribution in [-0.2, 0) is 16.4 Å². The minimum Gasteiger partial charge on any atom is -0.326 e. The molecule has 1 aromatic carbocycles. The van der Waals surface area contributed by atoms with Gasteiger partial charge in [-0.3, -0.25) is 0 Å². The highest BCUT2D eigenvalue weighted by Gasteiger charge is 2.15. The second-order valence-corrected chi connectivity index (χ2v) is 7.39. The molecule has 0 saturated heterocycles. The molecule has 20 heavy (non-hydrogen) atoms. The van der Waals surface area contributed by atoms with Gasteiger partial charge < -0.3 is 15.5 Å². The summed E-state index contributed by atoms with van der Waals surface area (Å²) in [5.41, 5.74) is 6.38. The number of sulfone groups is 1. The molecule has 0 atom stereocenters. The summed E-state index contributed by atoms with van der Waals surface area (Å²) in [6, 6.07) is 6.87.